The topological polar surface area (TPSA) is 98.0 Å². The van der Waals surface area contributed by atoms with Gasteiger partial charge in [0.05, 0.1) is 20.8 Å². The molecule has 0 aliphatic rings. The summed E-state index contributed by atoms with van der Waals surface area (Å²) in [6.45, 7) is 0.703. The lowest BCUT2D eigenvalue weighted by molar-refractivity contribution is -0.119. The van der Waals surface area contributed by atoms with Crippen LogP contribution in [0.15, 0.2) is 23.2 Å². The molecule has 1 rings (SSSR count). The Morgan fingerprint density at radius 1 is 1.30 bits per heavy atom. The van der Waals surface area contributed by atoms with Crippen LogP contribution in [0.2, 0.25) is 0 Å². The molecule has 0 fully saturated rings. The van der Waals surface area contributed by atoms with E-state index >= 15 is 0 Å². The van der Waals surface area contributed by atoms with E-state index in [1.165, 1.54) is 0 Å². The Balaban J connectivity index is 2.41. The Labute approximate surface area is 136 Å². The van der Waals surface area contributed by atoms with Crippen LogP contribution in [-0.2, 0) is 11.2 Å². The van der Waals surface area contributed by atoms with E-state index in [2.05, 4.69) is 21.5 Å². The van der Waals surface area contributed by atoms with Crippen molar-refractivity contribution in [3.63, 3.8) is 0 Å². The number of rotatable bonds is 8. The number of hydrogen-bond acceptors (Lipinski definition) is 4. The molecule has 23 heavy (non-hydrogen) atoms. The van der Waals surface area contributed by atoms with Gasteiger partial charge in [0.25, 0.3) is 0 Å². The molecule has 0 saturated carbocycles. The predicted molar refractivity (Wildman–Crippen MR) is 89.6 cm³/mol. The molecule has 0 radical (unpaired) electrons. The number of methoxy groups -OCH3 is 2. The Bertz CT molecular complexity index is 593. The first kappa shape index (κ1) is 18.2. The monoisotopic (exact) mass is 318 g/mol. The molecule has 0 aromatic heterocycles. The van der Waals surface area contributed by atoms with E-state index in [4.69, 9.17) is 21.6 Å². The molecule has 4 N–H and O–H groups in total. The lowest BCUT2D eigenvalue weighted by Crippen LogP contribution is -2.35. The van der Waals surface area contributed by atoms with Crippen LogP contribution in [-0.4, -0.2) is 45.7 Å². The summed E-state index contributed by atoms with van der Waals surface area (Å²) in [5.41, 5.74) is 6.75. The molecule has 7 heteroatoms. The van der Waals surface area contributed by atoms with Gasteiger partial charge >= 0.3 is 0 Å². The minimum atomic E-state index is -0.271. The summed E-state index contributed by atoms with van der Waals surface area (Å²) in [5.74, 6) is 3.61. The molecule has 0 bridgehead atoms. The molecule has 7 nitrogen and oxygen atoms in total. The largest absolute Gasteiger partial charge is 0.493 e. The van der Waals surface area contributed by atoms with Crippen molar-refractivity contribution in [3.05, 3.63) is 23.8 Å². The number of guanidine groups is 1. The Kier molecular flexibility index (Phi) is 7.86. The number of carbonyl (C=O) groups is 1. The standard InChI is InChI=1S/C16H22N4O3/c1-4-8-18-15(21)11-20-16(17)19-9-7-12-5-6-13(22-2)14(10-12)23-3/h1,5-6,10H,7-9,11H2,2-3H3,(H,18,21)(H3,17,19,20). The Hall–Kier alpha value is -2.88. The summed E-state index contributed by atoms with van der Waals surface area (Å²) in [7, 11) is 3.19. The van der Waals surface area contributed by atoms with E-state index in [9.17, 15) is 4.79 Å². The van der Waals surface area contributed by atoms with Crippen LogP contribution >= 0.6 is 0 Å². The zero-order valence-electron chi connectivity index (χ0n) is 13.4. The highest BCUT2D eigenvalue weighted by Crippen LogP contribution is 2.27. The quantitative estimate of drug-likeness (QED) is 0.353. The van der Waals surface area contributed by atoms with Crippen LogP contribution in [0.4, 0.5) is 0 Å². The second kappa shape index (κ2) is 9.95. The average molecular weight is 318 g/mol. The second-order valence-corrected chi connectivity index (χ2v) is 4.55. The fourth-order valence-corrected chi connectivity index (χ4v) is 1.79. The van der Waals surface area contributed by atoms with Crippen LogP contribution in [0.5, 0.6) is 11.5 Å². The number of benzene rings is 1. The van der Waals surface area contributed by atoms with E-state index in [-0.39, 0.29) is 25.0 Å². The van der Waals surface area contributed by atoms with Gasteiger partial charge in [0.1, 0.15) is 6.54 Å². The van der Waals surface area contributed by atoms with E-state index in [0.29, 0.717) is 18.0 Å². The van der Waals surface area contributed by atoms with Gasteiger partial charge in [0.2, 0.25) is 5.91 Å². The Morgan fingerprint density at radius 3 is 2.70 bits per heavy atom. The van der Waals surface area contributed by atoms with Crippen LogP contribution < -0.4 is 25.8 Å². The summed E-state index contributed by atoms with van der Waals surface area (Å²) in [5, 5.41) is 5.45. The van der Waals surface area contributed by atoms with E-state index in [0.717, 1.165) is 12.0 Å². The van der Waals surface area contributed by atoms with Crippen molar-refractivity contribution in [2.75, 3.05) is 33.9 Å². The number of aliphatic imine (C=N–C) groups is 1. The number of amides is 1. The number of nitrogens with zero attached hydrogens (tertiary/aromatic N) is 1. The van der Waals surface area contributed by atoms with Gasteiger partial charge in [0, 0.05) is 6.54 Å². The smallest absolute Gasteiger partial charge is 0.242 e. The van der Waals surface area contributed by atoms with Gasteiger partial charge in [-0.15, -0.1) is 6.42 Å². The molecule has 124 valence electrons. The van der Waals surface area contributed by atoms with Gasteiger partial charge in [-0.2, -0.15) is 0 Å². The molecule has 0 spiro atoms. The minimum Gasteiger partial charge on any atom is -0.493 e. The van der Waals surface area contributed by atoms with Gasteiger partial charge in [-0.1, -0.05) is 12.0 Å². The molecule has 0 saturated heterocycles. The first-order valence-corrected chi connectivity index (χ1v) is 7.05. The molecule has 0 atom stereocenters. The fourth-order valence-electron chi connectivity index (χ4n) is 1.79. The zero-order valence-corrected chi connectivity index (χ0v) is 13.4. The van der Waals surface area contributed by atoms with Gasteiger partial charge in [0.15, 0.2) is 17.5 Å². The second-order valence-electron chi connectivity index (χ2n) is 4.55. The molecular weight excluding hydrogens is 296 g/mol. The molecular formula is C16H22N4O3. The first-order chi connectivity index (χ1) is 11.1. The summed E-state index contributed by atoms with van der Waals surface area (Å²) in [4.78, 5) is 15.2. The van der Waals surface area contributed by atoms with Gasteiger partial charge in [-0.3, -0.25) is 4.79 Å². The van der Waals surface area contributed by atoms with Crippen molar-refractivity contribution < 1.29 is 14.3 Å². The fraction of sp³-hybridized carbons (Fsp3) is 0.375. The van der Waals surface area contributed by atoms with Crippen molar-refractivity contribution >= 4 is 11.9 Å². The van der Waals surface area contributed by atoms with Crippen molar-refractivity contribution in [3.8, 4) is 23.8 Å². The lowest BCUT2D eigenvalue weighted by atomic mass is 10.1. The molecule has 1 aromatic carbocycles. The number of carbonyl (C=O) groups excluding carboxylic acids is 1. The van der Waals surface area contributed by atoms with Crippen LogP contribution in [0.3, 0.4) is 0 Å². The maximum atomic E-state index is 11.3. The molecule has 0 heterocycles. The SMILES string of the molecule is C#CCNC(=O)CN=C(N)NCCc1ccc(OC)c(OC)c1. The maximum Gasteiger partial charge on any atom is 0.242 e. The third-order valence-corrected chi connectivity index (χ3v) is 2.95. The summed E-state index contributed by atoms with van der Waals surface area (Å²) < 4.78 is 10.4. The van der Waals surface area contributed by atoms with Gasteiger partial charge in [-0.05, 0) is 24.1 Å². The molecule has 1 amide bonds. The van der Waals surface area contributed by atoms with E-state index in [1.807, 2.05) is 18.2 Å². The highest BCUT2D eigenvalue weighted by Gasteiger charge is 2.04. The number of nitrogens with two attached hydrogens (primary N) is 1. The molecule has 1 aromatic rings. The minimum absolute atomic E-state index is 0.0587. The molecule has 0 unspecified atom stereocenters. The predicted octanol–water partition coefficient (Wildman–Crippen LogP) is -0.1000. The maximum absolute atomic E-state index is 11.3. The summed E-state index contributed by atoms with van der Waals surface area (Å²) in [6, 6.07) is 5.70. The van der Waals surface area contributed by atoms with Crippen LogP contribution in [0.1, 0.15) is 5.56 Å². The first-order valence-electron chi connectivity index (χ1n) is 7.05. The van der Waals surface area contributed by atoms with Crippen molar-refractivity contribution in [2.24, 2.45) is 10.7 Å². The highest BCUT2D eigenvalue weighted by atomic mass is 16.5. The number of hydrogen-bond donors (Lipinski definition) is 3. The van der Waals surface area contributed by atoms with Crippen LogP contribution in [0.25, 0.3) is 0 Å². The number of nitrogens with one attached hydrogen (secondary N) is 2. The summed E-state index contributed by atoms with van der Waals surface area (Å²) in [6.07, 6.45) is 5.76. The lowest BCUT2D eigenvalue weighted by Gasteiger charge is -2.10. The third kappa shape index (κ3) is 6.61. The number of ether oxygens (including phenoxy) is 2. The van der Waals surface area contributed by atoms with Crippen molar-refractivity contribution in [1.29, 1.82) is 0 Å². The number of terminal acetylenes is 1. The normalized spacial score (nSPS) is 10.6. The van der Waals surface area contributed by atoms with E-state index < -0.39 is 0 Å². The highest BCUT2D eigenvalue weighted by molar-refractivity contribution is 5.84. The molecule has 0 aliphatic heterocycles. The molecule has 0 aliphatic carbocycles. The summed E-state index contributed by atoms with van der Waals surface area (Å²) >= 11 is 0. The van der Waals surface area contributed by atoms with Crippen LogP contribution in [0, 0.1) is 12.3 Å². The van der Waals surface area contributed by atoms with E-state index in [1.54, 1.807) is 14.2 Å². The van der Waals surface area contributed by atoms with Gasteiger partial charge in [-0.25, -0.2) is 4.99 Å². The van der Waals surface area contributed by atoms with Crippen molar-refractivity contribution in [2.45, 2.75) is 6.42 Å². The Morgan fingerprint density at radius 2 is 2.04 bits per heavy atom. The van der Waals surface area contributed by atoms with Crippen molar-refractivity contribution in [1.82, 2.24) is 10.6 Å². The third-order valence-electron chi connectivity index (χ3n) is 2.95. The average Bonchev–Trinajstić information content (AvgIpc) is 2.57. The van der Waals surface area contributed by atoms with Gasteiger partial charge < -0.3 is 25.8 Å². The zero-order chi connectivity index (χ0) is 17.1.